The Bertz CT molecular complexity index is 704. The van der Waals surface area contributed by atoms with E-state index in [1.165, 1.54) is 7.11 Å². The number of hydrogen-bond donors (Lipinski definition) is 1. The first-order valence-corrected chi connectivity index (χ1v) is 11.4. The maximum atomic E-state index is 13.8. The summed E-state index contributed by atoms with van der Waals surface area (Å²) >= 11 is 0. The van der Waals surface area contributed by atoms with Crippen LogP contribution in [-0.4, -0.2) is 54.2 Å². The van der Waals surface area contributed by atoms with E-state index in [0.717, 1.165) is 25.7 Å². The Balaban J connectivity index is 2.36. The number of carbonyl (C=O) groups is 3. The molecule has 3 atom stereocenters. The molecule has 2 amide bonds. The average molecular weight is 439 g/mol. The van der Waals surface area contributed by atoms with E-state index in [1.807, 2.05) is 20.8 Å². The molecule has 1 heterocycles. The van der Waals surface area contributed by atoms with E-state index < -0.39 is 35.2 Å². The zero-order chi connectivity index (χ0) is 23.8. The molecule has 0 aromatic heterocycles. The lowest BCUT2D eigenvalue weighted by molar-refractivity contribution is -0.152. The zero-order valence-electron chi connectivity index (χ0n) is 20.9. The Labute approximate surface area is 187 Å². The number of methoxy groups -OCH3 is 1. The number of likely N-dealkylation sites (tertiary alicyclic amines) is 1. The van der Waals surface area contributed by atoms with Gasteiger partial charge in [0.05, 0.1) is 7.11 Å². The van der Waals surface area contributed by atoms with Crippen LogP contribution in [-0.2, 0) is 19.1 Å². The molecule has 7 nitrogen and oxygen atoms in total. The molecule has 7 heteroatoms. The molecule has 1 saturated carbocycles. The van der Waals surface area contributed by atoms with Crippen molar-refractivity contribution in [3.63, 3.8) is 0 Å². The summed E-state index contributed by atoms with van der Waals surface area (Å²) in [4.78, 5) is 40.7. The number of amides is 2. The van der Waals surface area contributed by atoms with E-state index in [2.05, 4.69) is 19.2 Å². The van der Waals surface area contributed by atoms with Crippen molar-refractivity contribution in [3.8, 4) is 0 Å². The number of rotatable bonds is 3. The summed E-state index contributed by atoms with van der Waals surface area (Å²) in [5, 5.41) is 2.78. The molecule has 2 rings (SSSR count). The summed E-state index contributed by atoms with van der Waals surface area (Å²) in [5.41, 5.74) is -1.35. The Morgan fingerprint density at radius 1 is 1.03 bits per heavy atom. The Kier molecular flexibility index (Phi) is 7.09. The summed E-state index contributed by atoms with van der Waals surface area (Å²) in [6.45, 7) is 16.0. The van der Waals surface area contributed by atoms with Crippen molar-refractivity contribution >= 4 is 18.0 Å². The number of alkyl carbamates (subject to hydrolysis) is 1. The Morgan fingerprint density at radius 3 is 2.10 bits per heavy atom. The molecule has 31 heavy (non-hydrogen) atoms. The van der Waals surface area contributed by atoms with Crippen LogP contribution in [0.2, 0.25) is 0 Å². The first-order chi connectivity index (χ1) is 14.0. The van der Waals surface area contributed by atoms with Gasteiger partial charge in [0.15, 0.2) is 0 Å². The third-order valence-corrected chi connectivity index (χ3v) is 7.11. The molecular weight excluding hydrogens is 396 g/mol. The van der Waals surface area contributed by atoms with Gasteiger partial charge in [-0.1, -0.05) is 47.5 Å². The van der Waals surface area contributed by atoms with Crippen LogP contribution in [0.5, 0.6) is 0 Å². The van der Waals surface area contributed by atoms with Crippen LogP contribution in [0.4, 0.5) is 4.79 Å². The molecule has 0 aromatic carbocycles. The second-order valence-electron chi connectivity index (χ2n) is 12.0. The van der Waals surface area contributed by atoms with Gasteiger partial charge in [0.2, 0.25) is 5.91 Å². The van der Waals surface area contributed by atoms with Crippen molar-refractivity contribution in [1.82, 2.24) is 10.2 Å². The van der Waals surface area contributed by atoms with Crippen LogP contribution < -0.4 is 5.32 Å². The van der Waals surface area contributed by atoms with E-state index in [4.69, 9.17) is 9.47 Å². The van der Waals surface area contributed by atoms with E-state index in [1.54, 1.807) is 25.7 Å². The Hall–Kier alpha value is -1.79. The van der Waals surface area contributed by atoms with Gasteiger partial charge in [0.25, 0.3) is 0 Å². The van der Waals surface area contributed by atoms with Crippen molar-refractivity contribution < 1.29 is 23.9 Å². The molecule has 0 bridgehead atoms. The van der Waals surface area contributed by atoms with Gasteiger partial charge in [-0.25, -0.2) is 9.59 Å². The van der Waals surface area contributed by atoms with Crippen molar-refractivity contribution in [3.05, 3.63) is 0 Å². The summed E-state index contributed by atoms with van der Waals surface area (Å²) in [6, 6.07) is -1.46. The fourth-order valence-corrected chi connectivity index (χ4v) is 5.10. The molecule has 1 spiro atoms. The lowest BCUT2D eigenvalue weighted by Gasteiger charge is -2.48. The number of hydrogen-bond acceptors (Lipinski definition) is 5. The molecule has 2 aliphatic rings. The number of carbonyl (C=O) groups excluding carboxylic acids is 3. The topological polar surface area (TPSA) is 84.9 Å². The SMILES string of the molecule is COC(=O)[C@@H]1C[C@@]2(CCCCC2(C)C)CN1C(=O)[C@@H](NC(=O)OC(C)(C)C)C(C)(C)C. The minimum absolute atomic E-state index is 0.0162. The van der Waals surface area contributed by atoms with Gasteiger partial charge in [-0.2, -0.15) is 0 Å². The molecule has 2 fully saturated rings. The van der Waals surface area contributed by atoms with Crippen molar-refractivity contribution in [1.29, 1.82) is 0 Å². The number of ether oxygens (including phenoxy) is 2. The molecule has 0 unspecified atom stereocenters. The summed E-state index contributed by atoms with van der Waals surface area (Å²) < 4.78 is 10.5. The number of esters is 1. The number of nitrogens with zero attached hydrogens (tertiary/aromatic N) is 1. The maximum absolute atomic E-state index is 13.8. The second-order valence-corrected chi connectivity index (χ2v) is 12.0. The minimum Gasteiger partial charge on any atom is -0.467 e. The first-order valence-electron chi connectivity index (χ1n) is 11.4. The van der Waals surface area contributed by atoms with Gasteiger partial charge in [0, 0.05) is 6.54 Å². The highest BCUT2D eigenvalue weighted by Crippen LogP contribution is 2.57. The predicted molar refractivity (Wildman–Crippen MR) is 119 cm³/mol. The number of nitrogens with one attached hydrogen (secondary N) is 1. The highest BCUT2D eigenvalue weighted by Gasteiger charge is 2.57. The minimum atomic E-state index is -0.823. The van der Waals surface area contributed by atoms with Crippen LogP contribution in [0.3, 0.4) is 0 Å². The predicted octanol–water partition coefficient (Wildman–Crippen LogP) is 4.29. The highest BCUT2D eigenvalue weighted by molar-refractivity contribution is 5.91. The normalized spacial score (nSPS) is 27.0. The van der Waals surface area contributed by atoms with Crippen molar-refractivity contribution in [2.75, 3.05) is 13.7 Å². The van der Waals surface area contributed by atoms with Crippen molar-refractivity contribution in [2.24, 2.45) is 16.2 Å². The van der Waals surface area contributed by atoms with Gasteiger partial charge < -0.3 is 19.7 Å². The average Bonchev–Trinajstić information content (AvgIpc) is 3.00. The third-order valence-electron chi connectivity index (χ3n) is 7.11. The fourth-order valence-electron chi connectivity index (χ4n) is 5.10. The summed E-state index contributed by atoms with van der Waals surface area (Å²) in [7, 11) is 1.36. The monoisotopic (exact) mass is 438 g/mol. The van der Waals surface area contributed by atoms with Gasteiger partial charge in [-0.15, -0.1) is 0 Å². The molecule has 0 aromatic rings. The molecular formula is C24H42N2O5. The van der Waals surface area contributed by atoms with Gasteiger partial charge in [-0.3, -0.25) is 4.79 Å². The van der Waals surface area contributed by atoms with Gasteiger partial charge in [-0.05, 0) is 56.3 Å². The third kappa shape index (κ3) is 5.53. The zero-order valence-corrected chi connectivity index (χ0v) is 20.9. The first kappa shape index (κ1) is 25.5. The Morgan fingerprint density at radius 2 is 1.61 bits per heavy atom. The van der Waals surface area contributed by atoms with Crippen LogP contribution in [0, 0.1) is 16.2 Å². The molecule has 1 saturated heterocycles. The van der Waals surface area contributed by atoms with E-state index in [-0.39, 0.29) is 16.7 Å². The van der Waals surface area contributed by atoms with Crippen LogP contribution in [0.15, 0.2) is 0 Å². The lowest BCUT2D eigenvalue weighted by Crippen LogP contribution is -2.57. The lowest BCUT2D eigenvalue weighted by atomic mass is 9.57. The highest BCUT2D eigenvalue weighted by atomic mass is 16.6. The molecule has 0 radical (unpaired) electrons. The van der Waals surface area contributed by atoms with Crippen LogP contribution in [0.1, 0.15) is 87.5 Å². The molecule has 1 aliphatic heterocycles. The van der Waals surface area contributed by atoms with Crippen LogP contribution in [0.25, 0.3) is 0 Å². The smallest absolute Gasteiger partial charge is 0.408 e. The second kappa shape index (κ2) is 8.62. The molecule has 1 N–H and O–H groups in total. The van der Waals surface area contributed by atoms with E-state index in [0.29, 0.717) is 13.0 Å². The van der Waals surface area contributed by atoms with E-state index >= 15 is 0 Å². The van der Waals surface area contributed by atoms with Crippen molar-refractivity contribution in [2.45, 2.75) is 105 Å². The van der Waals surface area contributed by atoms with E-state index in [9.17, 15) is 14.4 Å². The molecule has 178 valence electrons. The standard InChI is InChI=1S/C24H42N2O5/c1-21(2,3)17(25-20(29)31-22(4,5)6)18(27)26-15-24(14-16(26)19(28)30-9)13-11-10-12-23(24,7)8/h16-17H,10-15H2,1-9H3,(H,25,29)/t16-,17+,24-/m0/s1. The molecule has 1 aliphatic carbocycles. The van der Waals surface area contributed by atoms with Crippen LogP contribution >= 0.6 is 0 Å². The van der Waals surface area contributed by atoms with Gasteiger partial charge in [0.1, 0.15) is 17.7 Å². The summed E-state index contributed by atoms with van der Waals surface area (Å²) in [6.07, 6.45) is 4.28. The quantitative estimate of drug-likeness (QED) is 0.665. The van der Waals surface area contributed by atoms with Gasteiger partial charge >= 0.3 is 12.1 Å². The largest absolute Gasteiger partial charge is 0.467 e. The fraction of sp³-hybridized carbons (Fsp3) is 0.875. The summed E-state index contributed by atoms with van der Waals surface area (Å²) in [5.74, 6) is -0.650. The maximum Gasteiger partial charge on any atom is 0.408 e.